The summed E-state index contributed by atoms with van der Waals surface area (Å²) in [5.74, 6) is -1.51. The van der Waals surface area contributed by atoms with Crippen molar-refractivity contribution in [3.05, 3.63) is 72.9 Å². The number of esters is 2. The second-order valence-electron chi connectivity index (χ2n) is 16.0. The molecule has 326 valence electrons. The molecule has 0 heterocycles. The zero-order chi connectivity index (χ0) is 42.1. The average molecular weight is 799 g/mol. The molecule has 0 bridgehead atoms. The molecule has 0 spiro atoms. The van der Waals surface area contributed by atoms with Crippen LogP contribution < -0.4 is 0 Å². The molecular formula is C49H84NO7+. The number of nitrogens with zero attached hydrogens (tertiary/aromatic N) is 1. The Labute approximate surface area is 349 Å². The highest BCUT2D eigenvalue weighted by molar-refractivity contribution is 5.72. The second-order valence-corrected chi connectivity index (χ2v) is 16.0. The van der Waals surface area contributed by atoms with Gasteiger partial charge in [0, 0.05) is 19.3 Å². The minimum Gasteiger partial charge on any atom is -0.477 e. The molecule has 8 heteroatoms. The van der Waals surface area contributed by atoms with Crippen molar-refractivity contribution in [3.63, 3.8) is 0 Å². The summed E-state index contributed by atoms with van der Waals surface area (Å²) >= 11 is 0. The Morgan fingerprint density at radius 2 is 1.02 bits per heavy atom. The number of rotatable bonds is 39. The largest absolute Gasteiger partial charge is 0.477 e. The quantitative estimate of drug-likeness (QED) is 0.0217. The minimum absolute atomic E-state index is 0.0482. The van der Waals surface area contributed by atoms with E-state index in [2.05, 4.69) is 80.7 Å². The zero-order valence-electron chi connectivity index (χ0n) is 37.0. The van der Waals surface area contributed by atoms with Crippen molar-refractivity contribution >= 4 is 17.9 Å². The maximum absolute atomic E-state index is 12.7. The summed E-state index contributed by atoms with van der Waals surface area (Å²) < 4.78 is 17.3. The zero-order valence-corrected chi connectivity index (χ0v) is 37.0. The molecule has 2 unspecified atom stereocenters. The number of carbonyl (C=O) groups excluding carboxylic acids is 2. The topological polar surface area (TPSA) is 99.1 Å². The number of quaternary nitrogens is 1. The first kappa shape index (κ1) is 53.8. The average Bonchev–Trinajstić information content (AvgIpc) is 3.17. The maximum Gasteiger partial charge on any atom is 0.362 e. The first-order valence-corrected chi connectivity index (χ1v) is 22.5. The van der Waals surface area contributed by atoms with Crippen LogP contribution in [0.15, 0.2) is 72.9 Å². The van der Waals surface area contributed by atoms with Gasteiger partial charge >= 0.3 is 17.9 Å². The highest BCUT2D eigenvalue weighted by Crippen LogP contribution is 2.14. The van der Waals surface area contributed by atoms with E-state index in [9.17, 15) is 19.5 Å². The summed E-state index contributed by atoms with van der Waals surface area (Å²) in [6, 6.07) is -0.622. The molecule has 0 aliphatic carbocycles. The number of aliphatic carboxylic acids is 1. The third-order valence-electron chi connectivity index (χ3n) is 9.66. The third kappa shape index (κ3) is 38.1. The van der Waals surface area contributed by atoms with Crippen LogP contribution in [0.4, 0.5) is 0 Å². The van der Waals surface area contributed by atoms with Gasteiger partial charge in [0.2, 0.25) is 0 Å². The predicted octanol–water partition coefficient (Wildman–Crippen LogP) is 12.4. The van der Waals surface area contributed by atoms with Crippen molar-refractivity contribution in [1.82, 2.24) is 0 Å². The Morgan fingerprint density at radius 1 is 0.544 bits per heavy atom. The molecular weight excluding hydrogens is 715 g/mol. The highest BCUT2D eigenvalue weighted by Gasteiger charge is 2.31. The van der Waals surface area contributed by atoms with E-state index in [1.807, 2.05) is 27.2 Å². The first-order chi connectivity index (χ1) is 27.6. The molecule has 0 saturated carbocycles. The van der Waals surface area contributed by atoms with Gasteiger partial charge in [0.05, 0.1) is 34.4 Å². The fourth-order valence-electron chi connectivity index (χ4n) is 6.22. The fourth-order valence-corrected chi connectivity index (χ4v) is 6.22. The summed E-state index contributed by atoms with van der Waals surface area (Å²) in [5.41, 5.74) is 0. The molecule has 0 radical (unpaired) electrons. The van der Waals surface area contributed by atoms with Gasteiger partial charge in [-0.15, -0.1) is 0 Å². The molecule has 0 aromatic carbocycles. The standard InChI is InChI=1S/C49H83NO7/c1-6-8-10-12-14-16-18-20-21-22-23-24-25-26-28-29-31-33-35-37-39-47(51)56-44-45(43-55-42-41-46(49(53)54)50(3,4)5)57-48(52)40-38-36-34-32-30-27-19-17-15-13-11-9-7-2/h8-11,13-17,19-21,45-46H,6-7,12,18,22-44H2,1-5H3/p+1/b10-8+,11-9+,15-13+,16-14+,19-17+,21-20+. The first-order valence-electron chi connectivity index (χ1n) is 22.5. The van der Waals surface area contributed by atoms with Crippen molar-refractivity contribution in [2.45, 2.75) is 180 Å². The Balaban J connectivity index is 4.31. The van der Waals surface area contributed by atoms with Crippen LogP contribution in [0, 0.1) is 0 Å². The van der Waals surface area contributed by atoms with Gasteiger partial charge in [0.15, 0.2) is 12.1 Å². The van der Waals surface area contributed by atoms with E-state index in [0.717, 1.165) is 83.5 Å². The predicted molar refractivity (Wildman–Crippen MR) is 238 cm³/mol. The van der Waals surface area contributed by atoms with Gasteiger partial charge in [-0.1, -0.05) is 157 Å². The Kier molecular flexibility index (Phi) is 37.3. The molecule has 0 fully saturated rings. The molecule has 0 rings (SSSR count). The molecule has 0 aromatic heterocycles. The SMILES string of the molecule is CC/C=C/C=C/C=C/CCCCCCCC(=O)OC(COCCC(C(=O)O)[N+](C)(C)C)COC(=O)CCCCCCCCCCCC/C=C/C/C=C/C/C=C/CC. The van der Waals surface area contributed by atoms with Gasteiger partial charge < -0.3 is 23.8 Å². The summed E-state index contributed by atoms with van der Waals surface area (Å²) in [6.45, 7) is 4.46. The van der Waals surface area contributed by atoms with E-state index < -0.39 is 18.1 Å². The molecule has 8 nitrogen and oxygen atoms in total. The third-order valence-corrected chi connectivity index (χ3v) is 9.66. The number of allylic oxidation sites excluding steroid dienone is 12. The number of carboxylic acids is 1. The monoisotopic (exact) mass is 799 g/mol. The molecule has 2 atom stereocenters. The number of unbranched alkanes of at least 4 members (excludes halogenated alkanes) is 15. The summed E-state index contributed by atoms with van der Waals surface area (Å²) in [4.78, 5) is 37.0. The van der Waals surface area contributed by atoms with E-state index in [1.165, 1.54) is 51.4 Å². The fraction of sp³-hybridized carbons (Fsp3) is 0.694. The van der Waals surface area contributed by atoms with Crippen LogP contribution in [0.5, 0.6) is 0 Å². The Morgan fingerprint density at radius 3 is 1.56 bits per heavy atom. The van der Waals surface area contributed by atoms with E-state index in [-0.39, 0.29) is 36.2 Å². The van der Waals surface area contributed by atoms with Gasteiger partial charge in [-0.25, -0.2) is 4.79 Å². The van der Waals surface area contributed by atoms with Crippen LogP contribution in [0.25, 0.3) is 0 Å². The van der Waals surface area contributed by atoms with E-state index in [4.69, 9.17) is 14.2 Å². The lowest BCUT2D eigenvalue weighted by Crippen LogP contribution is -2.50. The lowest BCUT2D eigenvalue weighted by atomic mass is 10.1. The van der Waals surface area contributed by atoms with Crippen molar-refractivity contribution in [2.24, 2.45) is 0 Å². The summed E-state index contributed by atoms with van der Waals surface area (Å²) in [6.07, 6.45) is 49.5. The number of likely N-dealkylation sites (N-methyl/N-ethyl adjacent to an activating group) is 1. The van der Waals surface area contributed by atoms with E-state index in [1.54, 1.807) is 0 Å². The molecule has 0 amide bonds. The number of hydrogen-bond acceptors (Lipinski definition) is 6. The molecule has 0 aliphatic rings. The van der Waals surface area contributed by atoms with Crippen molar-refractivity contribution in [1.29, 1.82) is 0 Å². The lowest BCUT2D eigenvalue weighted by molar-refractivity contribution is -0.887. The van der Waals surface area contributed by atoms with Crippen molar-refractivity contribution < 1.29 is 38.2 Å². The Hall–Kier alpha value is -3.23. The number of carbonyl (C=O) groups is 3. The van der Waals surface area contributed by atoms with Gasteiger partial charge in [-0.3, -0.25) is 9.59 Å². The van der Waals surface area contributed by atoms with E-state index in [0.29, 0.717) is 19.3 Å². The van der Waals surface area contributed by atoms with Crippen LogP contribution in [0.2, 0.25) is 0 Å². The molecule has 0 aromatic rings. The highest BCUT2D eigenvalue weighted by atomic mass is 16.6. The molecule has 57 heavy (non-hydrogen) atoms. The number of carboxylic acid groups (broad SMARTS) is 1. The van der Waals surface area contributed by atoms with Crippen LogP contribution >= 0.6 is 0 Å². The van der Waals surface area contributed by atoms with Gasteiger partial charge in [-0.05, 0) is 64.2 Å². The van der Waals surface area contributed by atoms with Crippen LogP contribution in [0.3, 0.4) is 0 Å². The molecule has 1 N–H and O–H groups in total. The second kappa shape index (κ2) is 39.6. The van der Waals surface area contributed by atoms with Crippen LogP contribution in [0.1, 0.15) is 168 Å². The maximum atomic E-state index is 12.7. The van der Waals surface area contributed by atoms with Crippen LogP contribution in [-0.4, -0.2) is 80.6 Å². The summed E-state index contributed by atoms with van der Waals surface area (Å²) in [5, 5.41) is 9.62. The Bertz CT molecular complexity index is 1160. The van der Waals surface area contributed by atoms with Gasteiger partial charge in [0.1, 0.15) is 6.61 Å². The van der Waals surface area contributed by atoms with E-state index >= 15 is 0 Å². The normalized spacial score (nSPS) is 13.6. The molecule has 0 aliphatic heterocycles. The number of hydrogen-bond donors (Lipinski definition) is 1. The summed E-state index contributed by atoms with van der Waals surface area (Å²) in [7, 11) is 5.51. The van der Waals surface area contributed by atoms with Gasteiger partial charge in [-0.2, -0.15) is 0 Å². The lowest BCUT2D eigenvalue weighted by Gasteiger charge is -2.31. The van der Waals surface area contributed by atoms with Crippen LogP contribution in [-0.2, 0) is 28.6 Å². The van der Waals surface area contributed by atoms with Gasteiger partial charge in [0.25, 0.3) is 0 Å². The number of ether oxygens (including phenoxy) is 3. The smallest absolute Gasteiger partial charge is 0.362 e. The van der Waals surface area contributed by atoms with Crippen molar-refractivity contribution in [3.8, 4) is 0 Å². The minimum atomic E-state index is -0.882. The molecule has 0 saturated heterocycles. The van der Waals surface area contributed by atoms with Crippen molar-refractivity contribution in [2.75, 3.05) is 41.0 Å².